The van der Waals surface area contributed by atoms with Crippen LogP contribution in [-0.4, -0.2) is 28.6 Å². The molecule has 1 heterocycles. The van der Waals surface area contributed by atoms with Crippen LogP contribution < -0.4 is 5.32 Å². The Hall–Kier alpha value is -3.26. The lowest BCUT2D eigenvalue weighted by molar-refractivity contribution is -0.144. The number of rotatable bonds is 6. The van der Waals surface area contributed by atoms with Crippen LogP contribution in [0.2, 0.25) is 5.02 Å². The van der Waals surface area contributed by atoms with Crippen molar-refractivity contribution >= 4 is 23.5 Å². The number of halogens is 2. The molecule has 9 heteroatoms. The van der Waals surface area contributed by atoms with E-state index >= 15 is 0 Å². The molecule has 0 aliphatic carbocycles. The molecule has 1 amide bonds. The molecule has 0 aliphatic rings. The first-order chi connectivity index (χ1) is 13.0. The first-order valence-electron chi connectivity index (χ1n) is 7.79. The van der Waals surface area contributed by atoms with Gasteiger partial charge in [0.25, 0.3) is 11.8 Å². The van der Waals surface area contributed by atoms with Crippen molar-refractivity contribution in [2.24, 2.45) is 0 Å². The van der Waals surface area contributed by atoms with Crippen LogP contribution in [0.15, 0.2) is 53.1 Å². The summed E-state index contributed by atoms with van der Waals surface area (Å²) in [6, 6.07) is 11.8. The second-order valence-electron chi connectivity index (χ2n) is 5.37. The average Bonchev–Trinajstić information content (AvgIpc) is 3.14. The third kappa shape index (κ3) is 5.11. The highest BCUT2D eigenvalue weighted by Gasteiger charge is 2.13. The number of esters is 1. The summed E-state index contributed by atoms with van der Waals surface area (Å²) in [5.74, 6) is -1.15. The van der Waals surface area contributed by atoms with Crippen molar-refractivity contribution in [1.29, 1.82) is 0 Å². The molecule has 0 bridgehead atoms. The van der Waals surface area contributed by atoms with E-state index < -0.39 is 11.9 Å². The molecule has 138 valence electrons. The van der Waals surface area contributed by atoms with Crippen molar-refractivity contribution in [3.63, 3.8) is 0 Å². The van der Waals surface area contributed by atoms with Crippen LogP contribution in [0.25, 0.3) is 11.4 Å². The summed E-state index contributed by atoms with van der Waals surface area (Å²) < 4.78 is 22.9. The molecule has 27 heavy (non-hydrogen) atoms. The summed E-state index contributed by atoms with van der Waals surface area (Å²) in [5, 5.41) is 6.67. The number of carbonyl (C=O) groups is 2. The van der Waals surface area contributed by atoms with Gasteiger partial charge in [-0.25, -0.2) is 4.39 Å². The largest absolute Gasteiger partial charge is 0.454 e. The highest BCUT2D eigenvalue weighted by molar-refractivity contribution is 6.30. The summed E-state index contributed by atoms with van der Waals surface area (Å²) >= 11 is 5.75. The Bertz CT molecular complexity index is 942. The molecule has 0 atom stereocenters. The molecule has 0 saturated carbocycles. The van der Waals surface area contributed by atoms with E-state index in [1.807, 2.05) is 0 Å². The highest BCUT2D eigenvalue weighted by Crippen LogP contribution is 2.16. The van der Waals surface area contributed by atoms with E-state index in [0.717, 1.165) is 0 Å². The molecule has 0 radical (unpaired) electrons. The Morgan fingerprint density at radius 2 is 1.81 bits per heavy atom. The number of ether oxygens (including phenoxy) is 1. The minimum atomic E-state index is -0.668. The fraction of sp³-hybridized carbons (Fsp3) is 0.111. The van der Waals surface area contributed by atoms with Gasteiger partial charge in [-0.05, 0) is 48.5 Å². The van der Waals surface area contributed by atoms with Crippen LogP contribution in [-0.2, 0) is 16.1 Å². The molecule has 7 nitrogen and oxygen atoms in total. The molecule has 3 rings (SSSR count). The third-order valence-corrected chi connectivity index (χ3v) is 3.68. The number of aromatic nitrogens is 2. The number of hydrogen-bond donors (Lipinski definition) is 1. The zero-order chi connectivity index (χ0) is 19.2. The zero-order valence-corrected chi connectivity index (χ0v) is 14.6. The molecule has 0 aliphatic heterocycles. The van der Waals surface area contributed by atoms with Crippen LogP contribution in [0.4, 0.5) is 4.39 Å². The predicted molar refractivity (Wildman–Crippen MR) is 93.3 cm³/mol. The fourth-order valence-electron chi connectivity index (χ4n) is 2.08. The summed E-state index contributed by atoms with van der Waals surface area (Å²) in [6.07, 6.45) is 0. The van der Waals surface area contributed by atoms with Gasteiger partial charge in [-0.3, -0.25) is 9.59 Å². The number of benzene rings is 2. The molecule has 1 aromatic heterocycles. The lowest BCUT2D eigenvalue weighted by Crippen LogP contribution is -2.30. The van der Waals surface area contributed by atoms with Gasteiger partial charge in [0, 0.05) is 16.1 Å². The first-order valence-corrected chi connectivity index (χ1v) is 8.17. The van der Waals surface area contributed by atoms with Crippen molar-refractivity contribution in [3.05, 3.63) is 70.8 Å². The maximum atomic E-state index is 12.9. The van der Waals surface area contributed by atoms with Crippen LogP contribution in [0.3, 0.4) is 0 Å². The minimum absolute atomic E-state index is 0.0757. The van der Waals surface area contributed by atoms with Gasteiger partial charge in [-0.1, -0.05) is 16.8 Å². The number of amides is 1. The average molecular weight is 390 g/mol. The van der Waals surface area contributed by atoms with Crippen molar-refractivity contribution in [3.8, 4) is 11.4 Å². The Kier molecular flexibility index (Phi) is 5.77. The fourth-order valence-corrected chi connectivity index (χ4v) is 2.20. The monoisotopic (exact) mass is 389 g/mol. The topological polar surface area (TPSA) is 94.3 Å². The Balaban J connectivity index is 1.47. The summed E-state index contributed by atoms with van der Waals surface area (Å²) in [6.45, 7) is -0.565. The Morgan fingerprint density at radius 3 is 2.52 bits per heavy atom. The van der Waals surface area contributed by atoms with E-state index in [1.54, 1.807) is 24.3 Å². The van der Waals surface area contributed by atoms with Gasteiger partial charge in [0.2, 0.25) is 5.82 Å². The van der Waals surface area contributed by atoms with Gasteiger partial charge >= 0.3 is 5.97 Å². The molecule has 3 aromatic rings. The molecule has 0 saturated heterocycles. The normalized spacial score (nSPS) is 10.4. The van der Waals surface area contributed by atoms with Gasteiger partial charge in [0.1, 0.15) is 12.4 Å². The Morgan fingerprint density at radius 1 is 1.11 bits per heavy atom. The van der Waals surface area contributed by atoms with Crippen LogP contribution >= 0.6 is 11.6 Å². The van der Waals surface area contributed by atoms with Gasteiger partial charge in [-0.15, -0.1) is 0 Å². The van der Waals surface area contributed by atoms with Crippen molar-refractivity contribution < 1.29 is 23.2 Å². The summed E-state index contributed by atoms with van der Waals surface area (Å²) in [7, 11) is 0. The van der Waals surface area contributed by atoms with Gasteiger partial charge in [-0.2, -0.15) is 4.98 Å². The molecule has 0 spiro atoms. The molecule has 2 aromatic carbocycles. The molecule has 0 unspecified atom stereocenters. The molecule has 1 N–H and O–H groups in total. The SMILES string of the molecule is O=C(CNC(=O)c1ccc(Cl)cc1)OCc1nc(-c2ccc(F)cc2)no1. The third-order valence-electron chi connectivity index (χ3n) is 3.43. The number of carbonyl (C=O) groups excluding carboxylic acids is 2. The van der Waals surface area contributed by atoms with Gasteiger partial charge in [0.15, 0.2) is 6.61 Å². The van der Waals surface area contributed by atoms with Crippen molar-refractivity contribution in [1.82, 2.24) is 15.5 Å². The second kappa shape index (κ2) is 8.41. The molecular weight excluding hydrogens is 377 g/mol. The van der Waals surface area contributed by atoms with Crippen LogP contribution in [0.5, 0.6) is 0 Å². The van der Waals surface area contributed by atoms with Crippen LogP contribution in [0, 0.1) is 5.82 Å². The van der Waals surface area contributed by atoms with E-state index in [1.165, 1.54) is 24.3 Å². The highest BCUT2D eigenvalue weighted by atomic mass is 35.5. The smallest absolute Gasteiger partial charge is 0.325 e. The molecule has 0 fully saturated rings. The maximum Gasteiger partial charge on any atom is 0.325 e. The second-order valence-corrected chi connectivity index (χ2v) is 5.81. The van der Waals surface area contributed by atoms with Crippen molar-refractivity contribution in [2.45, 2.75) is 6.61 Å². The van der Waals surface area contributed by atoms with Crippen LogP contribution in [0.1, 0.15) is 16.2 Å². The van der Waals surface area contributed by atoms with E-state index in [-0.39, 0.29) is 30.7 Å². The van der Waals surface area contributed by atoms with E-state index in [4.69, 9.17) is 20.9 Å². The zero-order valence-electron chi connectivity index (χ0n) is 13.8. The number of hydrogen-bond acceptors (Lipinski definition) is 6. The van der Waals surface area contributed by atoms with Gasteiger partial charge < -0.3 is 14.6 Å². The van der Waals surface area contributed by atoms with Crippen molar-refractivity contribution in [2.75, 3.05) is 6.54 Å². The Labute approximate surface area is 158 Å². The van der Waals surface area contributed by atoms with E-state index in [2.05, 4.69) is 15.5 Å². The standard InChI is InChI=1S/C18H13ClFN3O4/c19-13-5-1-12(2-6-13)18(25)21-9-16(24)26-10-15-22-17(23-27-15)11-3-7-14(20)8-4-11/h1-8H,9-10H2,(H,21,25). The van der Waals surface area contributed by atoms with E-state index in [9.17, 15) is 14.0 Å². The number of nitrogens with one attached hydrogen (secondary N) is 1. The number of nitrogens with zero attached hydrogens (tertiary/aromatic N) is 2. The summed E-state index contributed by atoms with van der Waals surface area (Å²) in [4.78, 5) is 27.7. The lowest BCUT2D eigenvalue weighted by atomic mass is 10.2. The predicted octanol–water partition coefficient (Wildman–Crippen LogP) is 3.00. The first kappa shape index (κ1) is 18.5. The maximum absolute atomic E-state index is 12.9. The quantitative estimate of drug-likeness (QED) is 0.651. The molecular formula is C18H13ClFN3O4. The van der Waals surface area contributed by atoms with E-state index in [0.29, 0.717) is 16.1 Å². The minimum Gasteiger partial charge on any atom is -0.454 e. The lowest BCUT2D eigenvalue weighted by Gasteiger charge is -2.05. The van der Waals surface area contributed by atoms with Gasteiger partial charge in [0.05, 0.1) is 0 Å². The summed E-state index contributed by atoms with van der Waals surface area (Å²) in [5.41, 5.74) is 0.931.